The summed E-state index contributed by atoms with van der Waals surface area (Å²) in [5.41, 5.74) is 0.804. The lowest BCUT2D eigenvalue weighted by atomic mass is 10.2. The topological polar surface area (TPSA) is 57.6 Å². The van der Waals surface area contributed by atoms with Crippen molar-refractivity contribution in [1.82, 2.24) is 4.90 Å². The average Bonchev–Trinajstić information content (AvgIpc) is 2.18. The monoisotopic (exact) mass is 243 g/mol. The second kappa shape index (κ2) is 5.32. The van der Waals surface area contributed by atoms with Crippen LogP contribution >= 0.6 is 0 Å². The van der Waals surface area contributed by atoms with E-state index >= 15 is 0 Å². The third-order valence-corrected chi connectivity index (χ3v) is 3.20. The summed E-state index contributed by atoms with van der Waals surface area (Å²) in [6, 6.07) is 7.06. The molecular formula is C11H17NO3S. The van der Waals surface area contributed by atoms with Gasteiger partial charge in [0, 0.05) is 24.9 Å². The fourth-order valence-electron chi connectivity index (χ4n) is 1.34. The number of aromatic hydroxyl groups is 1. The first-order valence-corrected chi connectivity index (χ1v) is 7.07. The summed E-state index contributed by atoms with van der Waals surface area (Å²) in [5.74, 6) is 0.380. The Morgan fingerprint density at radius 1 is 1.31 bits per heavy atom. The van der Waals surface area contributed by atoms with Gasteiger partial charge in [-0.3, -0.25) is 0 Å². The Labute approximate surface area is 96.4 Å². The molecule has 16 heavy (non-hydrogen) atoms. The van der Waals surface area contributed by atoms with Crippen LogP contribution < -0.4 is 0 Å². The molecule has 0 spiro atoms. The van der Waals surface area contributed by atoms with Crippen molar-refractivity contribution >= 4 is 9.84 Å². The molecule has 0 bridgehead atoms. The van der Waals surface area contributed by atoms with Crippen LogP contribution in [0, 0.1) is 0 Å². The molecule has 1 N–H and O–H groups in total. The summed E-state index contributed by atoms with van der Waals surface area (Å²) < 4.78 is 22.0. The summed E-state index contributed by atoms with van der Waals surface area (Å²) in [7, 11) is -1.09. The van der Waals surface area contributed by atoms with Gasteiger partial charge in [-0.05, 0) is 13.1 Å². The van der Waals surface area contributed by atoms with Crippen LogP contribution in [0.2, 0.25) is 0 Å². The van der Waals surface area contributed by atoms with Gasteiger partial charge in [0.1, 0.15) is 15.6 Å². The maximum atomic E-state index is 11.0. The van der Waals surface area contributed by atoms with Gasteiger partial charge in [-0.25, -0.2) is 8.42 Å². The smallest absolute Gasteiger partial charge is 0.148 e. The van der Waals surface area contributed by atoms with Crippen molar-refractivity contribution < 1.29 is 13.5 Å². The van der Waals surface area contributed by atoms with Gasteiger partial charge in [0.2, 0.25) is 0 Å². The number of benzene rings is 1. The van der Waals surface area contributed by atoms with Crippen LogP contribution in [0.4, 0.5) is 0 Å². The van der Waals surface area contributed by atoms with Gasteiger partial charge in [0.15, 0.2) is 0 Å². The maximum Gasteiger partial charge on any atom is 0.148 e. The Balaban J connectivity index is 2.52. The van der Waals surface area contributed by atoms with Crippen molar-refractivity contribution in [2.75, 3.05) is 25.6 Å². The molecular weight excluding hydrogens is 226 g/mol. The number of sulfone groups is 1. The number of hydrogen-bond acceptors (Lipinski definition) is 4. The number of nitrogens with zero attached hydrogens (tertiary/aromatic N) is 1. The zero-order chi connectivity index (χ0) is 12.2. The average molecular weight is 243 g/mol. The van der Waals surface area contributed by atoms with Gasteiger partial charge in [0.05, 0.1) is 5.75 Å². The summed E-state index contributed by atoms with van der Waals surface area (Å²) >= 11 is 0. The molecule has 5 heteroatoms. The molecule has 0 radical (unpaired) electrons. The predicted molar refractivity (Wildman–Crippen MR) is 64.2 cm³/mol. The van der Waals surface area contributed by atoms with Crippen LogP contribution in [0.3, 0.4) is 0 Å². The minimum Gasteiger partial charge on any atom is -0.508 e. The molecule has 0 atom stereocenters. The van der Waals surface area contributed by atoms with Crippen molar-refractivity contribution in [2.24, 2.45) is 0 Å². The van der Waals surface area contributed by atoms with Crippen molar-refractivity contribution in [3.63, 3.8) is 0 Å². The summed E-state index contributed by atoms with van der Waals surface area (Å²) in [6.07, 6.45) is 1.22. The largest absolute Gasteiger partial charge is 0.508 e. The fourth-order valence-corrected chi connectivity index (χ4v) is 1.98. The second-order valence-corrected chi connectivity index (χ2v) is 6.26. The van der Waals surface area contributed by atoms with E-state index in [2.05, 4.69) is 0 Å². The normalized spacial score (nSPS) is 11.9. The molecule has 1 aromatic rings. The Morgan fingerprint density at radius 3 is 2.50 bits per heavy atom. The van der Waals surface area contributed by atoms with E-state index in [9.17, 15) is 13.5 Å². The lowest BCUT2D eigenvalue weighted by Crippen LogP contribution is -2.24. The first-order chi connectivity index (χ1) is 7.38. The third kappa shape index (κ3) is 4.63. The molecule has 0 saturated heterocycles. The number of phenols is 1. The summed E-state index contributed by atoms with van der Waals surface area (Å²) in [6.45, 7) is 1.01. The molecule has 0 aliphatic rings. The molecule has 0 fully saturated rings. The van der Waals surface area contributed by atoms with Gasteiger partial charge in [-0.1, -0.05) is 18.2 Å². The van der Waals surface area contributed by atoms with E-state index < -0.39 is 9.84 Å². The third-order valence-electron chi connectivity index (χ3n) is 2.28. The minimum atomic E-state index is -2.93. The van der Waals surface area contributed by atoms with E-state index in [4.69, 9.17) is 0 Å². The van der Waals surface area contributed by atoms with Crippen LogP contribution in [0.5, 0.6) is 5.75 Å². The lowest BCUT2D eigenvalue weighted by molar-refractivity contribution is 0.338. The van der Waals surface area contributed by atoms with Crippen LogP contribution in [0.15, 0.2) is 24.3 Å². The molecule has 0 aliphatic carbocycles. The van der Waals surface area contributed by atoms with Gasteiger partial charge >= 0.3 is 0 Å². The van der Waals surface area contributed by atoms with Gasteiger partial charge in [-0.2, -0.15) is 0 Å². The zero-order valence-electron chi connectivity index (χ0n) is 9.55. The van der Waals surface area contributed by atoms with Crippen molar-refractivity contribution in [3.8, 4) is 5.75 Å². The molecule has 0 unspecified atom stereocenters. The number of rotatable bonds is 5. The molecule has 0 aliphatic heterocycles. The molecule has 1 rings (SSSR count). The molecule has 90 valence electrons. The van der Waals surface area contributed by atoms with Crippen LogP contribution in [-0.4, -0.2) is 44.0 Å². The molecule has 4 nitrogen and oxygen atoms in total. The highest BCUT2D eigenvalue weighted by Crippen LogP contribution is 2.16. The van der Waals surface area contributed by atoms with Crippen LogP contribution in [0.1, 0.15) is 5.56 Å². The second-order valence-electron chi connectivity index (χ2n) is 4.00. The van der Waals surface area contributed by atoms with Crippen LogP contribution in [-0.2, 0) is 16.4 Å². The highest BCUT2D eigenvalue weighted by atomic mass is 32.2. The number of hydrogen-bond donors (Lipinski definition) is 1. The minimum absolute atomic E-state index is 0.136. The van der Waals surface area contributed by atoms with Gasteiger partial charge in [-0.15, -0.1) is 0 Å². The standard InChI is InChI=1S/C11H17NO3S/c1-12(7-8-16(2,14)15)9-10-5-3-4-6-11(10)13/h3-6,13H,7-9H2,1-2H3. The van der Waals surface area contributed by atoms with E-state index in [1.165, 1.54) is 6.26 Å². The highest BCUT2D eigenvalue weighted by Gasteiger charge is 2.07. The SMILES string of the molecule is CN(CCS(C)(=O)=O)Cc1ccccc1O. The van der Waals surface area contributed by atoms with E-state index in [1.807, 2.05) is 24.1 Å². The lowest BCUT2D eigenvalue weighted by Gasteiger charge is -2.16. The number of para-hydroxylation sites is 1. The first kappa shape index (κ1) is 13.0. The summed E-state index contributed by atoms with van der Waals surface area (Å²) in [5, 5.41) is 9.54. The van der Waals surface area contributed by atoms with Gasteiger partial charge in [0.25, 0.3) is 0 Å². The Bertz CT molecular complexity index is 442. The van der Waals surface area contributed by atoms with E-state index in [-0.39, 0.29) is 11.5 Å². The Kier molecular flexibility index (Phi) is 4.32. The fraction of sp³-hybridized carbons (Fsp3) is 0.455. The molecule has 0 aromatic heterocycles. The molecule has 1 aromatic carbocycles. The van der Waals surface area contributed by atoms with Crippen LogP contribution in [0.25, 0.3) is 0 Å². The Morgan fingerprint density at radius 2 is 1.94 bits per heavy atom. The Hall–Kier alpha value is -1.07. The number of phenolic OH excluding ortho intramolecular Hbond substituents is 1. The van der Waals surface area contributed by atoms with Crippen molar-refractivity contribution in [3.05, 3.63) is 29.8 Å². The zero-order valence-corrected chi connectivity index (χ0v) is 10.4. The van der Waals surface area contributed by atoms with E-state index in [1.54, 1.807) is 12.1 Å². The quantitative estimate of drug-likeness (QED) is 0.833. The summed E-state index contributed by atoms with van der Waals surface area (Å²) in [4.78, 5) is 1.87. The van der Waals surface area contributed by atoms with Crippen molar-refractivity contribution in [1.29, 1.82) is 0 Å². The molecule has 0 saturated carbocycles. The van der Waals surface area contributed by atoms with Gasteiger partial charge < -0.3 is 10.0 Å². The predicted octanol–water partition coefficient (Wildman–Crippen LogP) is 0.869. The molecule has 0 heterocycles. The first-order valence-electron chi connectivity index (χ1n) is 5.01. The highest BCUT2D eigenvalue weighted by molar-refractivity contribution is 7.90. The van der Waals surface area contributed by atoms with Crippen molar-refractivity contribution in [2.45, 2.75) is 6.54 Å². The molecule has 0 amide bonds. The van der Waals surface area contributed by atoms with E-state index in [0.717, 1.165) is 5.56 Å². The maximum absolute atomic E-state index is 11.0. The van der Waals surface area contributed by atoms with E-state index in [0.29, 0.717) is 13.1 Å².